The standard InChI is InChI=1S/C8H10FN3O2/c9-8-5(6(11)4-10)2-1-3-7(8)12(13)14/h1-3,6H,4,10-11H2/t6-/m0/s1. The van der Waals surface area contributed by atoms with Crippen LogP contribution < -0.4 is 11.5 Å². The smallest absolute Gasteiger partial charge is 0.305 e. The van der Waals surface area contributed by atoms with E-state index in [1.807, 2.05) is 0 Å². The first-order chi connectivity index (χ1) is 6.57. The van der Waals surface area contributed by atoms with Crippen LogP contribution in [0.4, 0.5) is 10.1 Å². The van der Waals surface area contributed by atoms with Gasteiger partial charge in [0.1, 0.15) is 0 Å². The van der Waals surface area contributed by atoms with Gasteiger partial charge in [-0.15, -0.1) is 0 Å². The number of nitro benzene ring substituents is 1. The van der Waals surface area contributed by atoms with E-state index in [0.717, 1.165) is 6.07 Å². The van der Waals surface area contributed by atoms with E-state index in [1.165, 1.54) is 12.1 Å². The molecule has 1 atom stereocenters. The van der Waals surface area contributed by atoms with E-state index in [1.54, 1.807) is 0 Å². The van der Waals surface area contributed by atoms with Crippen LogP contribution in [0, 0.1) is 15.9 Å². The highest BCUT2D eigenvalue weighted by Crippen LogP contribution is 2.23. The summed E-state index contributed by atoms with van der Waals surface area (Å²) < 4.78 is 13.4. The van der Waals surface area contributed by atoms with Gasteiger partial charge in [-0.3, -0.25) is 10.1 Å². The predicted octanol–water partition coefficient (Wildman–Crippen LogP) is 0.692. The quantitative estimate of drug-likeness (QED) is 0.553. The lowest BCUT2D eigenvalue weighted by Crippen LogP contribution is -2.22. The Morgan fingerprint density at radius 1 is 1.57 bits per heavy atom. The summed E-state index contributed by atoms with van der Waals surface area (Å²) in [4.78, 5) is 9.59. The molecule has 0 bridgehead atoms. The summed E-state index contributed by atoms with van der Waals surface area (Å²) in [6.07, 6.45) is 0. The molecule has 0 unspecified atom stereocenters. The second kappa shape index (κ2) is 4.12. The van der Waals surface area contributed by atoms with Crippen LogP contribution in [0.25, 0.3) is 0 Å². The molecule has 1 aromatic rings. The van der Waals surface area contributed by atoms with Crippen molar-refractivity contribution in [2.45, 2.75) is 6.04 Å². The highest BCUT2D eigenvalue weighted by Gasteiger charge is 2.19. The van der Waals surface area contributed by atoms with Crippen molar-refractivity contribution in [3.63, 3.8) is 0 Å². The van der Waals surface area contributed by atoms with Crippen LogP contribution in [0.15, 0.2) is 18.2 Å². The molecule has 0 fully saturated rings. The molecule has 0 saturated heterocycles. The average Bonchev–Trinajstić information content (AvgIpc) is 2.16. The second-order valence-electron chi connectivity index (χ2n) is 2.78. The Labute approximate surface area is 79.7 Å². The summed E-state index contributed by atoms with van der Waals surface area (Å²) in [5.74, 6) is -0.907. The number of nitro groups is 1. The molecule has 5 nitrogen and oxygen atoms in total. The molecule has 1 aromatic carbocycles. The van der Waals surface area contributed by atoms with Crippen LogP contribution in [0.1, 0.15) is 11.6 Å². The molecule has 0 aliphatic carbocycles. The zero-order valence-corrected chi connectivity index (χ0v) is 7.31. The van der Waals surface area contributed by atoms with E-state index >= 15 is 0 Å². The van der Waals surface area contributed by atoms with Gasteiger partial charge < -0.3 is 11.5 Å². The van der Waals surface area contributed by atoms with Gasteiger partial charge in [0.25, 0.3) is 0 Å². The maximum atomic E-state index is 13.4. The molecule has 4 N–H and O–H groups in total. The van der Waals surface area contributed by atoms with Gasteiger partial charge in [-0.25, -0.2) is 0 Å². The summed E-state index contributed by atoms with van der Waals surface area (Å²) in [6.45, 7) is 0.0398. The highest BCUT2D eigenvalue weighted by molar-refractivity contribution is 5.38. The summed E-state index contributed by atoms with van der Waals surface area (Å²) in [7, 11) is 0. The minimum Gasteiger partial charge on any atom is -0.329 e. The molecule has 0 spiro atoms. The SMILES string of the molecule is NC[C@H](N)c1cccc([N+](=O)[O-])c1F. The normalized spacial score (nSPS) is 12.5. The summed E-state index contributed by atoms with van der Waals surface area (Å²) >= 11 is 0. The Kier molecular flexibility index (Phi) is 3.10. The van der Waals surface area contributed by atoms with Gasteiger partial charge in [-0.1, -0.05) is 12.1 Å². The van der Waals surface area contributed by atoms with Crippen LogP contribution in [-0.2, 0) is 0 Å². The van der Waals surface area contributed by atoms with Gasteiger partial charge in [-0.2, -0.15) is 4.39 Å². The second-order valence-corrected chi connectivity index (χ2v) is 2.78. The third kappa shape index (κ3) is 1.86. The van der Waals surface area contributed by atoms with Gasteiger partial charge in [-0.05, 0) is 0 Å². The molecule has 0 radical (unpaired) electrons. The van der Waals surface area contributed by atoms with Crippen molar-refractivity contribution in [1.82, 2.24) is 0 Å². The molecule has 0 aliphatic rings. The number of nitrogens with zero attached hydrogens (tertiary/aromatic N) is 1. The topological polar surface area (TPSA) is 95.2 Å². The fraction of sp³-hybridized carbons (Fsp3) is 0.250. The van der Waals surface area contributed by atoms with Gasteiger partial charge in [0, 0.05) is 24.2 Å². The molecule has 14 heavy (non-hydrogen) atoms. The Morgan fingerprint density at radius 2 is 2.21 bits per heavy atom. The molecule has 1 rings (SSSR count). The maximum absolute atomic E-state index is 13.4. The van der Waals surface area contributed by atoms with Gasteiger partial charge in [0.15, 0.2) is 0 Å². The molecular formula is C8H10FN3O2. The van der Waals surface area contributed by atoms with Crippen molar-refractivity contribution < 1.29 is 9.31 Å². The minimum absolute atomic E-state index is 0.0398. The van der Waals surface area contributed by atoms with E-state index < -0.39 is 22.5 Å². The first kappa shape index (κ1) is 10.6. The zero-order valence-electron chi connectivity index (χ0n) is 7.31. The monoisotopic (exact) mass is 199 g/mol. The van der Waals surface area contributed by atoms with Crippen molar-refractivity contribution >= 4 is 5.69 Å². The molecule has 0 heterocycles. The van der Waals surface area contributed by atoms with Crippen LogP contribution in [-0.4, -0.2) is 11.5 Å². The Morgan fingerprint density at radius 3 is 2.71 bits per heavy atom. The Bertz CT molecular complexity index is 356. The number of hydrogen-bond acceptors (Lipinski definition) is 4. The lowest BCUT2D eigenvalue weighted by atomic mass is 10.1. The van der Waals surface area contributed by atoms with E-state index in [2.05, 4.69) is 0 Å². The van der Waals surface area contributed by atoms with Crippen LogP contribution >= 0.6 is 0 Å². The lowest BCUT2D eigenvalue weighted by molar-refractivity contribution is -0.387. The average molecular weight is 199 g/mol. The highest BCUT2D eigenvalue weighted by atomic mass is 19.1. The minimum atomic E-state index is -0.907. The molecule has 0 amide bonds. The van der Waals surface area contributed by atoms with Crippen molar-refractivity contribution in [2.75, 3.05) is 6.54 Å². The first-order valence-electron chi connectivity index (χ1n) is 3.96. The van der Waals surface area contributed by atoms with E-state index in [0.29, 0.717) is 0 Å². The number of halogens is 1. The van der Waals surface area contributed by atoms with Crippen LogP contribution in [0.2, 0.25) is 0 Å². The van der Waals surface area contributed by atoms with Gasteiger partial charge >= 0.3 is 5.69 Å². The maximum Gasteiger partial charge on any atom is 0.305 e. The van der Waals surface area contributed by atoms with Crippen LogP contribution in [0.5, 0.6) is 0 Å². The fourth-order valence-electron chi connectivity index (χ4n) is 1.09. The number of nitrogens with two attached hydrogens (primary N) is 2. The molecular weight excluding hydrogens is 189 g/mol. The number of hydrogen-bond donors (Lipinski definition) is 2. The number of benzene rings is 1. The van der Waals surface area contributed by atoms with Crippen LogP contribution in [0.3, 0.4) is 0 Å². The molecule has 6 heteroatoms. The molecule has 0 aromatic heterocycles. The predicted molar refractivity (Wildman–Crippen MR) is 49.0 cm³/mol. The molecule has 76 valence electrons. The van der Waals surface area contributed by atoms with Crippen molar-refractivity contribution in [1.29, 1.82) is 0 Å². The Balaban J connectivity index is 3.20. The third-order valence-corrected chi connectivity index (χ3v) is 1.86. The fourth-order valence-corrected chi connectivity index (χ4v) is 1.09. The molecule has 0 saturated carbocycles. The van der Waals surface area contributed by atoms with E-state index in [4.69, 9.17) is 11.5 Å². The lowest BCUT2D eigenvalue weighted by Gasteiger charge is -2.09. The largest absolute Gasteiger partial charge is 0.329 e. The third-order valence-electron chi connectivity index (χ3n) is 1.86. The summed E-state index contributed by atoms with van der Waals surface area (Å²) in [5, 5.41) is 10.4. The van der Waals surface area contributed by atoms with Crippen molar-refractivity contribution in [3.8, 4) is 0 Å². The first-order valence-corrected chi connectivity index (χ1v) is 3.96. The number of rotatable bonds is 3. The summed E-state index contributed by atoms with van der Waals surface area (Å²) in [5.41, 5.74) is 10.2. The van der Waals surface area contributed by atoms with E-state index in [9.17, 15) is 14.5 Å². The van der Waals surface area contributed by atoms with E-state index in [-0.39, 0.29) is 12.1 Å². The van der Waals surface area contributed by atoms with Gasteiger partial charge in [0.2, 0.25) is 5.82 Å². The van der Waals surface area contributed by atoms with Crippen molar-refractivity contribution in [3.05, 3.63) is 39.7 Å². The zero-order chi connectivity index (χ0) is 10.7. The molecule has 0 aliphatic heterocycles. The summed E-state index contributed by atoms with van der Waals surface area (Å²) in [6, 6.07) is 3.14. The van der Waals surface area contributed by atoms with Gasteiger partial charge in [0.05, 0.1) is 4.92 Å². The Hall–Kier alpha value is -1.53. The van der Waals surface area contributed by atoms with Crippen molar-refractivity contribution in [2.24, 2.45) is 11.5 Å².